The van der Waals surface area contributed by atoms with Crippen LogP contribution < -0.4 is 0 Å². The second kappa shape index (κ2) is 7.57. The zero-order valence-electron chi connectivity index (χ0n) is 12.5. The Kier molecular flexibility index (Phi) is 6.09. The number of carboxylic acid groups (broad SMARTS) is 1. The molecule has 5 heteroatoms. The maximum Gasteiger partial charge on any atom is 0.328 e. The molecule has 1 rings (SSSR count). The summed E-state index contributed by atoms with van der Waals surface area (Å²) in [6.45, 7) is 4.63. The number of benzene rings is 1. The Bertz CT molecular complexity index is 554. The molecule has 0 aliphatic carbocycles. The molecule has 1 unspecified atom stereocenters. The van der Waals surface area contributed by atoms with Gasteiger partial charge in [0.05, 0.1) is 5.56 Å². The van der Waals surface area contributed by atoms with Gasteiger partial charge in [-0.1, -0.05) is 26.3 Å². The average Bonchev–Trinajstić information content (AvgIpc) is 2.44. The summed E-state index contributed by atoms with van der Waals surface area (Å²) in [6, 6.07) is 4.06. The van der Waals surface area contributed by atoms with Gasteiger partial charge in [-0.25, -0.2) is 9.18 Å². The number of hydrogen-bond acceptors (Lipinski definition) is 2. The smallest absolute Gasteiger partial charge is 0.328 e. The van der Waals surface area contributed by atoms with E-state index in [9.17, 15) is 14.0 Å². The van der Waals surface area contributed by atoms with Crippen LogP contribution in [-0.4, -0.2) is 35.5 Å². The van der Waals surface area contributed by atoms with Crippen LogP contribution in [0.1, 0.15) is 36.2 Å². The summed E-state index contributed by atoms with van der Waals surface area (Å²) < 4.78 is 14.0. The van der Waals surface area contributed by atoms with Gasteiger partial charge in [0.1, 0.15) is 5.82 Å². The predicted octanol–water partition coefficient (Wildman–Crippen LogP) is 3.04. The Morgan fingerprint density at radius 1 is 1.43 bits per heavy atom. The number of aliphatic carboxylic acids is 1. The minimum Gasteiger partial charge on any atom is -0.478 e. The van der Waals surface area contributed by atoms with Gasteiger partial charge in [-0.05, 0) is 29.7 Å². The fourth-order valence-electron chi connectivity index (χ4n) is 1.86. The van der Waals surface area contributed by atoms with Crippen molar-refractivity contribution in [2.75, 3.05) is 13.6 Å². The van der Waals surface area contributed by atoms with Crippen molar-refractivity contribution in [2.24, 2.45) is 5.92 Å². The number of carbonyl (C=O) groups excluding carboxylic acids is 1. The van der Waals surface area contributed by atoms with Gasteiger partial charge in [-0.15, -0.1) is 0 Å². The summed E-state index contributed by atoms with van der Waals surface area (Å²) in [5.74, 6) is -1.78. The van der Waals surface area contributed by atoms with Crippen LogP contribution in [0, 0.1) is 11.7 Å². The molecule has 0 aromatic heterocycles. The molecule has 4 nitrogen and oxygen atoms in total. The van der Waals surface area contributed by atoms with Crippen LogP contribution in [0.25, 0.3) is 6.08 Å². The van der Waals surface area contributed by atoms with E-state index >= 15 is 0 Å². The Hall–Kier alpha value is -2.17. The average molecular weight is 293 g/mol. The largest absolute Gasteiger partial charge is 0.478 e. The second-order valence-corrected chi connectivity index (χ2v) is 5.11. The van der Waals surface area contributed by atoms with Crippen molar-refractivity contribution in [1.82, 2.24) is 4.90 Å². The fourth-order valence-corrected chi connectivity index (χ4v) is 1.86. The molecule has 21 heavy (non-hydrogen) atoms. The first kappa shape index (κ1) is 16.9. The number of carbonyl (C=O) groups is 2. The van der Waals surface area contributed by atoms with E-state index < -0.39 is 11.8 Å². The lowest BCUT2D eigenvalue weighted by molar-refractivity contribution is -0.131. The van der Waals surface area contributed by atoms with Gasteiger partial charge in [-0.2, -0.15) is 0 Å². The summed E-state index contributed by atoms with van der Waals surface area (Å²) in [5.41, 5.74) is 0.393. The van der Waals surface area contributed by atoms with E-state index in [0.29, 0.717) is 18.0 Å². The molecule has 1 N–H and O–H groups in total. The standard InChI is InChI=1S/C16H20FNO3/c1-4-11(2)10-18(3)16(21)13-7-5-12(9-14(13)17)6-8-15(19)20/h5-9,11H,4,10H2,1-3H3,(H,19,20). The lowest BCUT2D eigenvalue weighted by atomic mass is 10.1. The number of hydrogen-bond donors (Lipinski definition) is 1. The highest BCUT2D eigenvalue weighted by Crippen LogP contribution is 2.15. The van der Waals surface area contributed by atoms with E-state index in [1.807, 2.05) is 13.8 Å². The van der Waals surface area contributed by atoms with Gasteiger partial charge in [0.25, 0.3) is 5.91 Å². The molecular formula is C16H20FNO3. The molecule has 0 saturated carbocycles. The molecule has 0 fully saturated rings. The maximum absolute atomic E-state index is 14.0. The van der Waals surface area contributed by atoms with Gasteiger partial charge in [0, 0.05) is 19.7 Å². The third-order valence-corrected chi connectivity index (χ3v) is 3.27. The molecule has 1 aromatic carbocycles. The first-order valence-corrected chi connectivity index (χ1v) is 6.81. The first-order valence-electron chi connectivity index (χ1n) is 6.81. The second-order valence-electron chi connectivity index (χ2n) is 5.11. The Morgan fingerprint density at radius 3 is 2.62 bits per heavy atom. The molecule has 0 heterocycles. The SMILES string of the molecule is CCC(C)CN(C)C(=O)c1ccc(C=CC(=O)O)cc1F. The molecule has 0 radical (unpaired) electrons. The Balaban J connectivity index is 2.89. The zero-order chi connectivity index (χ0) is 16.0. The molecule has 0 spiro atoms. The number of rotatable bonds is 6. The number of carboxylic acids is 1. The van der Waals surface area contributed by atoms with Crippen molar-refractivity contribution in [2.45, 2.75) is 20.3 Å². The van der Waals surface area contributed by atoms with Crippen molar-refractivity contribution in [1.29, 1.82) is 0 Å². The lowest BCUT2D eigenvalue weighted by Crippen LogP contribution is -2.31. The van der Waals surface area contributed by atoms with Gasteiger partial charge in [0.2, 0.25) is 0 Å². The van der Waals surface area contributed by atoms with E-state index in [0.717, 1.165) is 18.6 Å². The lowest BCUT2D eigenvalue weighted by Gasteiger charge is -2.21. The molecule has 0 bridgehead atoms. The molecule has 1 aromatic rings. The summed E-state index contributed by atoms with van der Waals surface area (Å²) in [6.07, 6.45) is 3.15. The monoisotopic (exact) mass is 293 g/mol. The highest BCUT2D eigenvalue weighted by molar-refractivity contribution is 5.94. The quantitative estimate of drug-likeness (QED) is 0.820. The molecule has 0 saturated heterocycles. The van der Waals surface area contributed by atoms with E-state index in [4.69, 9.17) is 5.11 Å². The topological polar surface area (TPSA) is 57.6 Å². The van der Waals surface area contributed by atoms with Crippen molar-refractivity contribution >= 4 is 18.0 Å². The maximum atomic E-state index is 14.0. The molecule has 1 atom stereocenters. The van der Waals surface area contributed by atoms with Crippen LogP contribution in [0.15, 0.2) is 24.3 Å². The van der Waals surface area contributed by atoms with E-state index in [-0.39, 0.29) is 11.5 Å². The van der Waals surface area contributed by atoms with Crippen LogP contribution in [-0.2, 0) is 4.79 Å². The summed E-state index contributed by atoms with van der Waals surface area (Å²) in [4.78, 5) is 24.1. The van der Waals surface area contributed by atoms with Crippen molar-refractivity contribution in [3.8, 4) is 0 Å². The summed E-state index contributed by atoms with van der Waals surface area (Å²) in [5, 5.41) is 8.53. The Morgan fingerprint density at radius 2 is 2.10 bits per heavy atom. The molecule has 0 aliphatic rings. The normalized spacial score (nSPS) is 12.4. The van der Waals surface area contributed by atoms with E-state index in [1.165, 1.54) is 23.1 Å². The summed E-state index contributed by atoms with van der Waals surface area (Å²) in [7, 11) is 1.65. The molecule has 0 aliphatic heterocycles. The minimum absolute atomic E-state index is 0.00622. The highest BCUT2D eigenvalue weighted by atomic mass is 19.1. The number of halogens is 1. The predicted molar refractivity (Wildman–Crippen MR) is 79.5 cm³/mol. The van der Waals surface area contributed by atoms with Gasteiger partial charge in [0.15, 0.2) is 0 Å². The van der Waals surface area contributed by atoms with Crippen molar-refractivity contribution in [3.05, 3.63) is 41.2 Å². The third kappa shape index (κ3) is 5.02. The molecule has 114 valence electrons. The first-order chi connectivity index (χ1) is 9.85. The number of nitrogens with zero attached hydrogens (tertiary/aromatic N) is 1. The van der Waals surface area contributed by atoms with Gasteiger partial charge >= 0.3 is 5.97 Å². The van der Waals surface area contributed by atoms with Crippen LogP contribution in [0.2, 0.25) is 0 Å². The number of amides is 1. The molecule has 1 amide bonds. The van der Waals surface area contributed by atoms with Crippen molar-refractivity contribution in [3.63, 3.8) is 0 Å². The third-order valence-electron chi connectivity index (χ3n) is 3.27. The van der Waals surface area contributed by atoms with Crippen LogP contribution in [0.5, 0.6) is 0 Å². The molecular weight excluding hydrogens is 273 g/mol. The van der Waals surface area contributed by atoms with Gasteiger partial charge < -0.3 is 10.0 Å². The van der Waals surface area contributed by atoms with Gasteiger partial charge in [-0.3, -0.25) is 4.79 Å². The van der Waals surface area contributed by atoms with Crippen LogP contribution in [0.4, 0.5) is 4.39 Å². The van der Waals surface area contributed by atoms with Crippen molar-refractivity contribution < 1.29 is 19.1 Å². The van der Waals surface area contributed by atoms with Crippen LogP contribution >= 0.6 is 0 Å². The fraction of sp³-hybridized carbons (Fsp3) is 0.375. The van der Waals surface area contributed by atoms with E-state index in [2.05, 4.69) is 0 Å². The van der Waals surface area contributed by atoms with E-state index in [1.54, 1.807) is 7.05 Å². The minimum atomic E-state index is -1.11. The summed E-state index contributed by atoms with van der Waals surface area (Å²) >= 11 is 0. The zero-order valence-corrected chi connectivity index (χ0v) is 12.5. The van der Waals surface area contributed by atoms with Crippen LogP contribution in [0.3, 0.4) is 0 Å². The Labute approximate surface area is 123 Å². The highest BCUT2D eigenvalue weighted by Gasteiger charge is 2.17.